The van der Waals surface area contributed by atoms with E-state index in [0.29, 0.717) is 0 Å². The third kappa shape index (κ3) is 2.66. The van der Waals surface area contributed by atoms with Crippen molar-refractivity contribution in [1.82, 2.24) is 0 Å². The molecule has 0 fully saturated rings. The Morgan fingerprint density at radius 3 is 2.63 bits per heavy atom. The van der Waals surface area contributed by atoms with E-state index in [-0.39, 0.29) is 22.7 Å². The molecule has 0 radical (unpaired) electrons. The lowest BCUT2D eigenvalue weighted by Crippen LogP contribution is -1.94. The third-order valence-corrected chi connectivity index (χ3v) is 2.35. The van der Waals surface area contributed by atoms with Gasteiger partial charge in [-0.25, -0.2) is 4.39 Å². The fourth-order valence-corrected chi connectivity index (χ4v) is 1.48. The van der Waals surface area contributed by atoms with Crippen molar-refractivity contribution in [3.63, 3.8) is 0 Å². The van der Waals surface area contributed by atoms with Crippen molar-refractivity contribution in [2.24, 2.45) is 0 Å². The molecule has 0 amide bonds. The summed E-state index contributed by atoms with van der Waals surface area (Å²) in [5.41, 5.74) is -0.456. The fraction of sp³-hybridized carbons (Fsp3) is 0. The summed E-state index contributed by atoms with van der Waals surface area (Å²) in [4.78, 5) is 10.1. The summed E-state index contributed by atoms with van der Waals surface area (Å²) in [7, 11) is 0. The molecule has 0 aromatic heterocycles. The molecular weight excluding hydrogens is 251 g/mol. The highest BCUT2D eigenvalue weighted by atomic mass is 19.1. The Balaban J connectivity index is 2.38. The molecule has 0 spiro atoms. The van der Waals surface area contributed by atoms with Gasteiger partial charge in [-0.2, -0.15) is 5.26 Å². The molecular formula is C13H7FN2O3. The van der Waals surface area contributed by atoms with Crippen molar-refractivity contribution in [3.8, 4) is 17.6 Å². The van der Waals surface area contributed by atoms with E-state index in [1.807, 2.05) is 0 Å². The van der Waals surface area contributed by atoms with Crippen molar-refractivity contribution in [2.45, 2.75) is 0 Å². The van der Waals surface area contributed by atoms with Gasteiger partial charge in [0, 0.05) is 0 Å². The maximum Gasteiger partial charge on any atom is 0.290 e. The van der Waals surface area contributed by atoms with Gasteiger partial charge in [-0.05, 0) is 24.3 Å². The number of nitro groups is 1. The van der Waals surface area contributed by atoms with E-state index in [2.05, 4.69) is 0 Å². The van der Waals surface area contributed by atoms with E-state index >= 15 is 0 Å². The first-order chi connectivity index (χ1) is 9.11. The number of nitriles is 1. The number of hydrogen-bond acceptors (Lipinski definition) is 4. The van der Waals surface area contributed by atoms with E-state index in [0.717, 1.165) is 6.07 Å². The highest BCUT2D eigenvalue weighted by Gasteiger charge is 2.15. The number of rotatable bonds is 3. The molecule has 0 atom stereocenters. The molecule has 6 heteroatoms. The molecule has 0 saturated carbocycles. The minimum absolute atomic E-state index is 0.0403. The Labute approximate surface area is 107 Å². The number of nitro benzene ring substituents is 1. The molecule has 0 aliphatic carbocycles. The van der Waals surface area contributed by atoms with Crippen LogP contribution in [0.5, 0.6) is 11.5 Å². The summed E-state index contributed by atoms with van der Waals surface area (Å²) in [5.74, 6) is -0.521. The van der Waals surface area contributed by atoms with Crippen LogP contribution in [-0.2, 0) is 0 Å². The number of benzene rings is 2. The van der Waals surface area contributed by atoms with Crippen molar-refractivity contribution in [3.05, 3.63) is 64.0 Å². The van der Waals surface area contributed by atoms with Crippen LogP contribution in [0, 0.1) is 27.3 Å². The number of nitrogens with zero attached hydrogens (tertiary/aromatic N) is 2. The van der Waals surface area contributed by atoms with Crippen LogP contribution < -0.4 is 4.74 Å². The van der Waals surface area contributed by atoms with Crippen molar-refractivity contribution < 1.29 is 14.1 Å². The first-order valence-electron chi connectivity index (χ1n) is 5.22. The zero-order valence-corrected chi connectivity index (χ0v) is 9.54. The molecule has 0 aliphatic heterocycles. The summed E-state index contributed by atoms with van der Waals surface area (Å²) >= 11 is 0. The number of ether oxygens (including phenoxy) is 1. The van der Waals surface area contributed by atoms with E-state index in [1.165, 1.54) is 30.3 Å². The molecule has 0 N–H and O–H groups in total. The van der Waals surface area contributed by atoms with Crippen LogP contribution in [0.3, 0.4) is 0 Å². The van der Waals surface area contributed by atoms with Gasteiger partial charge in [0.1, 0.15) is 17.4 Å². The quantitative estimate of drug-likeness (QED) is 0.624. The lowest BCUT2D eigenvalue weighted by Gasteiger charge is -2.06. The van der Waals surface area contributed by atoms with Gasteiger partial charge in [0.2, 0.25) is 0 Å². The predicted octanol–water partition coefficient (Wildman–Crippen LogP) is 3.40. The van der Waals surface area contributed by atoms with Gasteiger partial charge in [0.05, 0.1) is 11.0 Å². The van der Waals surface area contributed by atoms with Gasteiger partial charge in [-0.1, -0.05) is 12.1 Å². The molecule has 0 bridgehead atoms. The van der Waals surface area contributed by atoms with Crippen molar-refractivity contribution in [2.75, 3.05) is 0 Å². The van der Waals surface area contributed by atoms with Crippen LogP contribution in [0.2, 0.25) is 0 Å². The number of hydrogen-bond donors (Lipinski definition) is 0. The van der Waals surface area contributed by atoms with Gasteiger partial charge in [-0.15, -0.1) is 0 Å². The highest BCUT2D eigenvalue weighted by molar-refractivity contribution is 5.53. The Bertz CT molecular complexity index is 680. The standard InChI is InChI=1S/C13H7FN2O3/c14-11-3-1-2-4-13(11)19-10-6-5-9(8-15)12(7-10)16(17)18/h1-7H. The summed E-state index contributed by atoms with van der Waals surface area (Å²) < 4.78 is 18.6. The maximum absolute atomic E-state index is 13.4. The number of halogens is 1. The normalized spacial score (nSPS) is 9.68. The maximum atomic E-state index is 13.4. The molecule has 0 unspecified atom stereocenters. The predicted molar refractivity (Wildman–Crippen MR) is 64.3 cm³/mol. The van der Waals surface area contributed by atoms with Crippen LogP contribution >= 0.6 is 0 Å². The van der Waals surface area contributed by atoms with E-state index in [4.69, 9.17) is 10.00 Å². The van der Waals surface area contributed by atoms with Crippen molar-refractivity contribution >= 4 is 5.69 Å². The summed E-state index contributed by atoms with van der Waals surface area (Å²) in [6.45, 7) is 0. The molecule has 2 aromatic carbocycles. The van der Waals surface area contributed by atoms with Gasteiger partial charge in [0.15, 0.2) is 11.6 Å². The molecule has 2 aromatic rings. The Morgan fingerprint density at radius 2 is 2.00 bits per heavy atom. The van der Waals surface area contributed by atoms with E-state index in [9.17, 15) is 14.5 Å². The first-order valence-corrected chi connectivity index (χ1v) is 5.22. The Hall–Kier alpha value is -2.94. The summed E-state index contributed by atoms with van der Waals surface area (Å²) in [6, 6.07) is 11.1. The van der Waals surface area contributed by atoms with Gasteiger partial charge < -0.3 is 4.74 Å². The van der Waals surface area contributed by atoms with E-state index in [1.54, 1.807) is 12.1 Å². The van der Waals surface area contributed by atoms with Crippen molar-refractivity contribution in [1.29, 1.82) is 5.26 Å². The SMILES string of the molecule is N#Cc1ccc(Oc2ccccc2F)cc1[N+](=O)[O-]. The largest absolute Gasteiger partial charge is 0.454 e. The second kappa shape index (κ2) is 5.14. The summed E-state index contributed by atoms with van der Waals surface area (Å²) in [6.07, 6.45) is 0. The zero-order chi connectivity index (χ0) is 13.8. The first kappa shape index (κ1) is 12.5. The molecule has 0 heterocycles. The second-order valence-corrected chi connectivity index (χ2v) is 3.58. The lowest BCUT2D eigenvalue weighted by atomic mass is 10.2. The smallest absolute Gasteiger partial charge is 0.290 e. The van der Waals surface area contributed by atoms with Gasteiger partial charge in [-0.3, -0.25) is 10.1 Å². The minimum atomic E-state index is -0.688. The van der Waals surface area contributed by atoms with Crippen LogP contribution in [0.25, 0.3) is 0 Å². The fourth-order valence-electron chi connectivity index (χ4n) is 1.48. The van der Waals surface area contributed by atoms with Gasteiger partial charge in [0.25, 0.3) is 5.69 Å². The van der Waals surface area contributed by atoms with Crippen LogP contribution in [0.15, 0.2) is 42.5 Å². The molecule has 2 rings (SSSR count). The molecule has 5 nitrogen and oxygen atoms in total. The average Bonchev–Trinajstić information content (AvgIpc) is 2.41. The number of para-hydroxylation sites is 1. The molecule has 0 saturated heterocycles. The highest BCUT2D eigenvalue weighted by Crippen LogP contribution is 2.29. The topological polar surface area (TPSA) is 76.2 Å². The van der Waals surface area contributed by atoms with E-state index < -0.39 is 10.7 Å². The van der Waals surface area contributed by atoms with Crippen LogP contribution in [0.1, 0.15) is 5.56 Å². The molecule has 19 heavy (non-hydrogen) atoms. The summed E-state index contributed by atoms with van der Waals surface area (Å²) in [5, 5.41) is 19.5. The average molecular weight is 258 g/mol. The molecule has 94 valence electrons. The minimum Gasteiger partial charge on any atom is -0.454 e. The Morgan fingerprint density at radius 1 is 1.26 bits per heavy atom. The zero-order valence-electron chi connectivity index (χ0n) is 9.54. The molecule has 0 aliphatic rings. The van der Waals surface area contributed by atoms with Crippen LogP contribution in [-0.4, -0.2) is 4.92 Å². The van der Waals surface area contributed by atoms with Crippen LogP contribution in [0.4, 0.5) is 10.1 Å². The monoisotopic (exact) mass is 258 g/mol. The second-order valence-electron chi connectivity index (χ2n) is 3.58. The van der Waals surface area contributed by atoms with Gasteiger partial charge >= 0.3 is 0 Å². The third-order valence-electron chi connectivity index (χ3n) is 2.35. The Kier molecular flexibility index (Phi) is 3.39. The lowest BCUT2D eigenvalue weighted by molar-refractivity contribution is -0.385.